The number of fused-ring (bicyclic) bond motifs is 1. The highest BCUT2D eigenvalue weighted by molar-refractivity contribution is 6.21. The normalized spacial score (nSPS) is 20.9. The predicted octanol–water partition coefficient (Wildman–Crippen LogP) is 3.73. The fraction of sp³-hybridized carbons (Fsp3) is 0.318. The Kier molecular flexibility index (Phi) is 5.43. The molecule has 1 fully saturated rings. The van der Waals surface area contributed by atoms with E-state index in [0.29, 0.717) is 5.56 Å². The van der Waals surface area contributed by atoms with Crippen molar-refractivity contribution >= 4 is 17.9 Å². The van der Waals surface area contributed by atoms with Crippen LogP contribution in [0.1, 0.15) is 26.3 Å². The number of benzene rings is 2. The molecule has 162 valence electrons. The first-order valence-electron chi connectivity index (χ1n) is 9.73. The van der Waals surface area contributed by atoms with Crippen molar-refractivity contribution in [3.05, 3.63) is 71.3 Å². The maximum atomic E-state index is 13.7. The summed E-state index contributed by atoms with van der Waals surface area (Å²) in [6, 6.07) is 14.9. The molecule has 2 aliphatic rings. The fourth-order valence-corrected chi connectivity index (χ4v) is 4.03. The average molecular weight is 432 g/mol. The number of hydrogen-bond acceptors (Lipinski definition) is 4. The van der Waals surface area contributed by atoms with Crippen molar-refractivity contribution in [2.75, 3.05) is 19.6 Å². The first-order chi connectivity index (χ1) is 14.8. The molecule has 4 rings (SSSR count). The molecule has 2 unspecified atom stereocenters. The molecule has 2 aromatic rings. The zero-order valence-electron chi connectivity index (χ0n) is 16.3. The monoisotopic (exact) mass is 432 g/mol. The molecule has 0 radical (unpaired) electrons. The minimum absolute atomic E-state index is 0.0596. The number of imide groups is 1. The fourth-order valence-electron chi connectivity index (χ4n) is 4.03. The lowest BCUT2D eigenvalue weighted by atomic mass is 9.95. The summed E-state index contributed by atoms with van der Waals surface area (Å²) in [6.07, 6.45) is -5.44. The van der Waals surface area contributed by atoms with E-state index in [1.165, 1.54) is 12.1 Å². The van der Waals surface area contributed by atoms with Gasteiger partial charge < -0.3 is 9.64 Å². The van der Waals surface area contributed by atoms with Crippen LogP contribution in [0, 0.1) is 11.8 Å². The van der Waals surface area contributed by atoms with Gasteiger partial charge in [0.05, 0.1) is 17.0 Å². The minimum Gasteiger partial charge on any atom is -0.445 e. The highest BCUT2D eigenvalue weighted by atomic mass is 19.4. The number of likely N-dealkylation sites (tertiary alicyclic amines) is 1. The Morgan fingerprint density at radius 2 is 1.52 bits per heavy atom. The van der Waals surface area contributed by atoms with E-state index in [1.807, 2.05) is 0 Å². The van der Waals surface area contributed by atoms with Crippen molar-refractivity contribution in [3.63, 3.8) is 0 Å². The molecule has 9 heteroatoms. The Morgan fingerprint density at radius 1 is 0.935 bits per heavy atom. The third-order valence-electron chi connectivity index (χ3n) is 5.62. The van der Waals surface area contributed by atoms with Crippen LogP contribution in [0.2, 0.25) is 0 Å². The molecular formula is C22H19F3N2O4. The largest absolute Gasteiger partial charge is 0.445 e. The van der Waals surface area contributed by atoms with Crippen LogP contribution in [0.25, 0.3) is 0 Å². The molecule has 2 aromatic carbocycles. The summed E-state index contributed by atoms with van der Waals surface area (Å²) in [5.74, 6) is -4.23. The van der Waals surface area contributed by atoms with E-state index in [1.54, 1.807) is 42.5 Å². The Morgan fingerprint density at radius 3 is 2.10 bits per heavy atom. The van der Waals surface area contributed by atoms with Gasteiger partial charge in [0, 0.05) is 25.6 Å². The lowest BCUT2D eigenvalue weighted by Gasteiger charge is -2.24. The van der Waals surface area contributed by atoms with E-state index < -0.39 is 49.0 Å². The van der Waals surface area contributed by atoms with E-state index in [2.05, 4.69) is 0 Å². The number of ether oxygens (including phenoxy) is 1. The van der Waals surface area contributed by atoms with E-state index in [-0.39, 0.29) is 24.3 Å². The lowest BCUT2D eigenvalue weighted by Crippen LogP contribution is -2.40. The minimum atomic E-state index is -4.59. The second-order valence-electron chi connectivity index (χ2n) is 7.62. The Labute approximate surface area is 176 Å². The van der Waals surface area contributed by atoms with Gasteiger partial charge >= 0.3 is 12.3 Å². The van der Waals surface area contributed by atoms with Gasteiger partial charge in [0.15, 0.2) is 0 Å². The molecule has 2 atom stereocenters. The number of amides is 3. The first-order valence-corrected chi connectivity index (χ1v) is 9.73. The SMILES string of the molecule is O=C(OCc1ccccc1)N1CC(CN2C(=O)c3ccccc3C2=O)C(C(F)(F)F)C1. The van der Waals surface area contributed by atoms with Crippen LogP contribution in [0.5, 0.6) is 0 Å². The number of carbonyl (C=O) groups excluding carboxylic acids is 3. The molecule has 0 saturated carbocycles. The Hall–Kier alpha value is -3.36. The van der Waals surface area contributed by atoms with Crippen molar-refractivity contribution in [3.8, 4) is 0 Å². The maximum Gasteiger partial charge on any atom is 0.410 e. The Balaban J connectivity index is 1.46. The van der Waals surface area contributed by atoms with Gasteiger partial charge in [0.1, 0.15) is 6.61 Å². The van der Waals surface area contributed by atoms with Crippen LogP contribution >= 0.6 is 0 Å². The van der Waals surface area contributed by atoms with Gasteiger partial charge in [-0.15, -0.1) is 0 Å². The molecule has 6 nitrogen and oxygen atoms in total. The van der Waals surface area contributed by atoms with Crippen LogP contribution < -0.4 is 0 Å². The number of hydrogen-bond donors (Lipinski definition) is 0. The van der Waals surface area contributed by atoms with Crippen LogP contribution in [-0.4, -0.2) is 53.5 Å². The summed E-state index contributed by atoms with van der Waals surface area (Å²) in [5, 5.41) is 0. The predicted molar refractivity (Wildman–Crippen MR) is 103 cm³/mol. The molecule has 0 aromatic heterocycles. The summed E-state index contributed by atoms with van der Waals surface area (Å²) < 4.78 is 46.1. The van der Waals surface area contributed by atoms with Crippen molar-refractivity contribution in [1.29, 1.82) is 0 Å². The second-order valence-corrected chi connectivity index (χ2v) is 7.62. The maximum absolute atomic E-state index is 13.7. The van der Waals surface area contributed by atoms with Crippen molar-refractivity contribution in [2.24, 2.45) is 11.8 Å². The molecule has 0 bridgehead atoms. The highest BCUT2D eigenvalue weighted by Gasteiger charge is 2.52. The van der Waals surface area contributed by atoms with Gasteiger partial charge in [-0.2, -0.15) is 13.2 Å². The van der Waals surface area contributed by atoms with E-state index in [9.17, 15) is 27.6 Å². The molecular weight excluding hydrogens is 413 g/mol. The van der Waals surface area contributed by atoms with Crippen molar-refractivity contribution < 1.29 is 32.3 Å². The molecule has 3 amide bonds. The third-order valence-corrected chi connectivity index (χ3v) is 5.62. The third kappa shape index (κ3) is 4.12. The number of nitrogens with zero attached hydrogens (tertiary/aromatic N) is 2. The molecule has 0 N–H and O–H groups in total. The first kappa shape index (κ1) is 20.9. The van der Waals surface area contributed by atoms with E-state index in [4.69, 9.17) is 4.74 Å². The smallest absolute Gasteiger partial charge is 0.410 e. The molecule has 0 aliphatic carbocycles. The van der Waals surface area contributed by atoms with Gasteiger partial charge in [0.2, 0.25) is 0 Å². The van der Waals surface area contributed by atoms with Crippen molar-refractivity contribution in [2.45, 2.75) is 12.8 Å². The molecule has 1 saturated heterocycles. The van der Waals surface area contributed by atoms with Gasteiger partial charge in [-0.05, 0) is 17.7 Å². The quantitative estimate of drug-likeness (QED) is 0.691. The van der Waals surface area contributed by atoms with Crippen LogP contribution in [-0.2, 0) is 11.3 Å². The van der Waals surface area contributed by atoms with Gasteiger partial charge in [-0.1, -0.05) is 42.5 Å². The molecule has 2 heterocycles. The summed E-state index contributed by atoms with van der Waals surface area (Å²) in [5.41, 5.74) is 1.06. The molecule has 0 spiro atoms. The highest BCUT2D eigenvalue weighted by Crippen LogP contribution is 2.39. The number of carbonyl (C=O) groups is 3. The van der Waals surface area contributed by atoms with Crippen LogP contribution in [0.4, 0.5) is 18.0 Å². The van der Waals surface area contributed by atoms with E-state index >= 15 is 0 Å². The summed E-state index contributed by atoms with van der Waals surface area (Å²) in [7, 11) is 0. The zero-order chi connectivity index (χ0) is 22.2. The summed E-state index contributed by atoms with van der Waals surface area (Å²) in [4.78, 5) is 39.3. The van der Waals surface area contributed by atoms with Gasteiger partial charge in [-0.3, -0.25) is 14.5 Å². The standard InChI is InChI=1S/C22H19F3N2O4/c23-22(24,25)18-12-26(21(30)31-13-14-6-2-1-3-7-14)10-15(18)11-27-19(28)16-8-4-5-9-17(16)20(27)29/h1-9,15,18H,10-13H2. The van der Waals surface area contributed by atoms with Gasteiger partial charge in [0.25, 0.3) is 11.8 Å². The topological polar surface area (TPSA) is 66.9 Å². The van der Waals surface area contributed by atoms with Crippen LogP contribution in [0.3, 0.4) is 0 Å². The zero-order valence-corrected chi connectivity index (χ0v) is 16.3. The number of alkyl halides is 3. The number of halogens is 3. The summed E-state index contributed by atoms with van der Waals surface area (Å²) >= 11 is 0. The second kappa shape index (κ2) is 8.05. The Bertz CT molecular complexity index is 974. The number of rotatable bonds is 4. The van der Waals surface area contributed by atoms with Crippen molar-refractivity contribution in [1.82, 2.24) is 9.80 Å². The lowest BCUT2D eigenvalue weighted by molar-refractivity contribution is -0.180. The van der Waals surface area contributed by atoms with Gasteiger partial charge in [-0.25, -0.2) is 4.79 Å². The molecule has 2 aliphatic heterocycles. The molecule has 31 heavy (non-hydrogen) atoms. The van der Waals surface area contributed by atoms with Crippen LogP contribution in [0.15, 0.2) is 54.6 Å². The summed E-state index contributed by atoms with van der Waals surface area (Å²) in [6.45, 7) is -1.31. The average Bonchev–Trinajstić information content (AvgIpc) is 3.29. The van der Waals surface area contributed by atoms with E-state index in [0.717, 1.165) is 9.80 Å².